The second kappa shape index (κ2) is 9.31. The van der Waals surface area contributed by atoms with Gasteiger partial charge in [0.2, 0.25) is 0 Å². The molecule has 1 aliphatic rings. The van der Waals surface area contributed by atoms with E-state index in [1.807, 2.05) is 0 Å². The molecule has 4 rings (SSSR count). The molecule has 34 heavy (non-hydrogen) atoms. The van der Waals surface area contributed by atoms with Gasteiger partial charge in [0.15, 0.2) is 11.9 Å². The lowest BCUT2D eigenvalue weighted by atomic mass is 10.1. The van der Waals surface area contributed by atoms with Crippen molar-refractivity contribution in [2.45, 2.75) is 24.5 Å². The minimum atomic E-state index is -4.36. The summed E-state index contributed by atoms with van der Waals surface area (Å²) in [7, 11) is -3.41. The number of fused-ring (bicyclic) bond motifs is 1. The molecular weight excluding hydrogens is 480 g/mol. The van der Waals surface area contributed by atoms with Gasteiger partial charge in [-0.15, -0.1) is 0 Å². The number of phosphoric ester groups is 1. The first kappa shape index (κ1) is 24.1. The first-order valence-electron chi connectivity index (χ1n) is 9.68. The summed E-state index contributed by atoms with van der Waals surface area (Å²) in [6, 6.07) is 5.22. The van der Waals surface area contributed by atoms with Crippen LogP contribution >= 0.6 is 7.82 Å². The minimum absolute atomic E-state index is 0.0199. The Balaban J connectivity index is 1.62. The number of halogens is 1. The van der Waals surface area contributed by atoms with Crippen molar-refractivity contribution in [1.82, 2.24) is 19.5 Å². The molecule has 14 nitrogen and oxygen atoms in total. The number of rotatable bonds is 7. The molecule has 0 saturated carbocycles. The largest absolute Gasteiger partial charge is 0.472 e. The fraction of sp³-hybridized carbons (Fsp3) is 0.333. The lowest BCUT2D eigenvalue weighted by molar-refractivity contribution is -0.0509. The van der Waals surface area contributed by atoms with Gasteiger partial charge in [-0.2, -0.15) is 4.98 Å². The van der Waals surface area contributed by atoms with Crippen molar-refractivity contribution in [2.24, 2.45) is 0 Å². The number of hydrogen-bond donors (Lipinski definition) is 5. The Kier molecular flexibility index (Phi) is 6.60. The zero-order valence-corrected chi connectivity index (χ0v) is 18.3. The third-order valence-electron chi connectivity index (χ3n) is 5.04. The first-order chi connectivity index (χ1) is 16.1. The highest BCUT2D eigenvalue weighted by Crippen LogP contribution is 2.43. The van der Waals surface area contributed by atoms with Crippen molar-refractivity contribution in [1.29, 1.82) is 0 Å². The third kappa shape index (κ3) is 4.63. The van der Waals surface area contributed by atoms with Crippen LogP contribution < -0.4 is 11.0 Å². The number of benzene rings is 1. The van der Waals surface area contributed by atoms with Gasteiger partial charge in [0.1, 0.15) is 35.5 Å². The van der Waals surface area contributed by atoms with Gasteiger partial charge in [0.05, 0.1) is 18.5 Å². The maximum atomic E-state index is 13.9. The summed E-state index contributed by atoms with van der Waals surface area (Å²) in [6.45, 7) is -0.596. The average Bonchev–Trinajstić information content (AvgIpc) is 3.33. The number of aromatic nitrogens is 4. The van der Waals surface area contributed by atoms with E-state index in [1.54, 1.807) is 0 Å². The van der Waals surface area contributed by atoms with E-state index in [4.69, 9.17) is 4.74 Å². The predicted molar refractivity (Wildman–Crippen MR) is 111 cm³/mol. The van der Waals surface area contributed by atoms with Gasteiger partial charge >= 0.3 is 13.5 Å². The van der Waals surface area contributed by atoms with Crippen molar-refractivity contribution in [3.63, 3.8) is 0 Å². The normalized spacial score (nSPS) is 24.3. The van der Waals surface area contributed by atoms with Gasteiger partial charge in [0.25, 0.3) is 5.91 Å². The summed E-state index contributed by atoms with van der Waals surface area (Å²) in [5.74, 6) is -1.81. The molecule has 3 aromatic rings. The van der Waals surface area contributed by atoms with Gasteiger partial charge in [0, 0.05) is 7.11 Å². The Morgan fingerprint density at radius 1 is 1.35 bits per heavy atom. The molecule has 1 aliphatic heterocycles. The maximum Gasteiger partial charge on any atom is 0.472 e. The lowest BCUT2D eigenvalue weighted by Crippen LogP contribution is -2.33. The van der Waals surface area contributed by atoms with Crippen LogP contribution in [-0.2, 0) is 18.3 Å². The van der Waals surface area contributed by atoms with Crippen LogP contribution in [0.1, 0.15) is 16.6 Å². The van der Waals surface area contributed by atoms with E-state index in [9.17, 15) is 33.7 Å². The number of anilines is 1. The Morgan fingerprint density at radius 3 is 2.79 bits per heavy atom. The topological polar surface area (TPSA) is 198 Å². The van der Waals surface area contributed by atoms with Crippen LogP contribution in [0, 0.1) is 5.82 Å². The summed E-state index contributed by atoms with van der Waals surface area (Å²) in [4.78, 5) is 44.1. The summed E-state index contributed by atoms with van der Waals surface area (Å²) < 4.78 is 41.1. The summed E-state index contributed by atoms with van der Waals surface area (Å²) in [5, 5.41) is 23.1. The number of H-pyrrole nitrogens is 1. The number of aromatic amines is 1. The number of amides is 1. The number of phosphoric acid groups is 1. The van der Waals surface area contributed by atoms with Crippen molar-refractivity contribution in [3.05, 3.63) is 52.5 Å². The number of carbonyl (C=O) groups excluding carboxylic acids is 1. The Morgan fingerprint density at radius 2 is 2.09 bits per heavy atom. The van der Waals surface area contributed by atoms with Crippen LogP contribution in [0.5, 0.6) is 0 Å². The number of nitrogens with one attached hydrogen (secondary N) is 2. The molecule has 2 aromatic heterocycles. The molecule has 5 atom stereocenters. The number of aliphatic hydroxyl groups is 2. The molecule has 182 valence electrons. The van der Waals surface area contributed by atoms with Gasteiger partial charge in [-0.1, -0.05) is 12.1 Å². The molecular formula is C18H19FN5O9P. The van der Waals surface area contributed by atoms with Crippen LogP contribution in [0.25, 0.3) is 11.2 Å². The fourth-order valence-electron chi connectivity index (χ4n) is 3.35. The standard InChI is InChI=1S/C18H19FN5O9P/c1-31-34(29,30)32-6-10-12(25)13(26)17(33-10)24-7-20-11-14(22-18(28)23-15(11)24)21-16(27)8-4-2-3-5-9(8)19/h2-5,7,10,12-13,17,25-26H,6H2,1H3,(H,29,30)(H2,21,22,23,27,28). The summed E-state index contributed by atoms with van der Waals surface area (Å²) in [5.41, 5.74) is -1.32. The highest BCUT2D eigenvalue weighted by molar-refractivity contribution is 7.47. The number of ether oxygens (including phenoxy) is 1. The molecule has 1 amide bonds. The molecule has 1 fully saturated rings. The predicted octanol–water partition coefficient (Wildman–Crippen LogP) is -0.106. The monoisotopic (exact) mass is 499 g/mol. The van der Waals surface area contributed by atoms with Crippen molar-refractivity contribution in [2.75, 3.05) is 19.0 Å². The van der Waals surface area contributed by atoms with Gasteiger partial charge in [-0.05, 0) is 12.1 Å². The van der Waals surface area contributed by atoms with Crippen LogP contribution in [0.15, 0.2) is 35.4 Å². The number of carbonyl (C=O) groups is 1. The van der Waals surface area contributed by atoms with E-state index in [1.165, 1.54) is 18.2 Å². The van der Waals surface area contributed by atoms with Crippen molar-refractivity contribution in [3.8, 4) is 0 Å². The van der Waals surface area contributed by atoms with Crippen LogP contribution in [0.4, 0.5) is 10.2 Å². The van der Waals surface area contributed by atoms with E-state index >= 15 is 0 Å². The molecule has 1 saturated heterocycles. The second-order valence-electron chi connectivity index (χ2n) is 7.17. The van der Waals surface area contributed by atoms with Crippen molar-refractivity contribution < 1.29 is 42.6 Å². The van der Waals surface area contributed by atoms with E-state index in [0.717, 1.165) is 24.1 Å². The van der Waals surface area contributed by atoms with Gasteiger partial charge in [-0.25, -0.2) is 18.7 Å². The average molecular weight is 499 g/mol. The van der Waals surface area contributed by atoms with Crippen LogP contribution in [0.3, 0.4) is 0 Å². The molecule has 16 heteroatoms. The molecule has 5 N–H and O–H groups in total. The van der Waals surface area contributed by atoms with E-state index in [2.05, 4.69) is 29.3 Å². The zero-order chi connectivity index (χ0) is 24.6. The van der Waals surface area contributed by atoms with E-state index in [0.29, 0.717) is 0 Å². The van der Waals surface area contributed by atoms with Gasteiger partial charge < -0.3 is 25.2 Å². The summed E-state index contributed by atoms with van der Waals surface area (Å²) >= 11 is 0. The van der Waals surface area contributed by atoms with E-state index < -0.39 is 56.4 Å². The highest BCUT2D eigenvalue weighted by Gasteiger charge is 2.45. The molecule has 0 aliphatic carbocycles. The smallest absolute Gasteiger partial charge is 0.387 e. The SMILES string of the molecule is COP(=O)(O)OCC1OC(n2cnc3c(NC(=O)c4ccccc4F)[nH]c(=O)nc32)C(O)C1O. The number of aliphatic hydroxyl groups excluding tert-OH is 2. The molecule has 3 heterocycles. The first-order valence-corrected chi connectivity index (χ1v) is 11.2. The quantitative estimate of drug-likeness (QED) is 0.272. The van der Waals surface area contributed by atoms with Crippen LogP contribution in [-0.4, -0.2) is 72.6 Å². The van der Waals surface area contributed by atoms with Crippen molar-refractivity contribution >= 4 is 30.7 Å². The molecule has 0 spiro atoms. The Hall–Kier alpha value is -3.04. The Labute approximate surface area is 189 Å². The number of nitrogens with zero attached hydrogens (tertiary/aromatic N) is 3. The fourth-order valence-corrected chi connectivity index (χ4v) is 3.79. The molecule has 0 bridgehead atoms. The maximum absolute atomic E-state index is 13.9. The number of imidazole rings is 1. The number of hydrogen-bond acceptors (Lipinski definition) is 10. The van der Waals surface area contributed by atoms with Crippen LogP contribution in [0.2, 0.25) is 0 Å². The van der Waals surface area contributed by atoms with E-state index in [-0.39, 0.29) is 22.5 Å². The molecule has 1 aromatic carbocycles. The van der Waals surface area contributed by atoms with Gasteiger partial charge in [-0.3, -0.25) is 23.4 Å². The Bertz CT molecular complexity index is 1330. The second-order valence-corrected chi connectivity index (χ2v) is 8.73. The highest BCUT2D eigenvalue weighted by atomic mass is 31.2. The summed E-state index contributed by atoms with van der Waals surface area (Å²) in [6.07, 6.45) is -4.53. The zero-order valence-electron chi connectivity index (χ0n) is 17.4. The molecule has 0 radical (unpaired) electrons. The molecule has 5 unspecified atom stereocenters. The minimum Gasteiger partial charge on any atom is -0.387 e. The third-order valence-corrected chi connectivity index (χ3v) is 5.98. The lowest BCUT2D eigenvalue weighted by Gasteiger charge is -2.17.